The zero-order valence-corrected chi connectivity index (χ0v) is 18.0. The number of benzene rings is 2. The van der Waals surface area contributed by atoms with Gasteiger partial charge in [-0.3, -0.25) is 9.69 Å². The van der Waals surface area contributed by atoms with Crippen molar-refractivity contribution >= 4 is 23.2 Å². The van der Waals surface area contributed by atoms with E-state index in [1.165, 1.54) is 0 Å². The van der Waals surface area contributed by atoms with Gasteiger partial charge in [-0.25, -0.2) is 9.97 Å². The van der Waals surface area contributed by atoms with Gasteiger partial charge < -0.3 is 15.0 Å². The molecule has 31 heavy (non-hydrogen) atoms. The van der Waals surface area contributed by atoms with Crippen LogP contribution in [0.4, 0.5) is 5.69 Å². The summed E-state index contributed by atoms with van der Waals surface area (Å²) in [7, 11) is 2.14. The minimum atomic E-state index is -0.190. The predicted octanol–water partition coefficient (Wildman–Crippen LogP) is 3.92. The van der Waals surface area contributed by atoms with Gasteiger partial charge in [0.15, 0.2) is 5.75 Å². The van der Waals surface area contributed by atoms with Gasteiger partial charge in [0.25, 0.3) is 5.91 Å². The molecule has 8 heteroatoms. The fourth-order valence-electron chi connectivity index (χ4n) is 3.37. The average molecular weight is 438 g/mol. The van der Waals surface area contributed by atoms with Crippen LogP contribution in [0.3, 0.4) is 0 Å². The maximum atomic E-state index is 12.8. The zero-order valence-electron chi connectivity index (χ0n) is 17.3. The molecule has 3 aromatic rings. The maximum absolute atomic E-state index is 12.8. The highest BCUT2D eigenvalue weighted by atomic mass is 35.5. The largest absolute Gasteiger partial charge is 0.423 e. The van der Waals surface area contributed by atoms with E-state index in [4.69, 9.17) is 16.3 Å². The first kappa shape index (κ1) is 21.2. The number of anilines is 1. The Balaban J connectivity index is 1.43. The molecule has 0 radical (unpaired) electrons. The summed E-state index contributed by atoms with van der Waals surface area (Å²) in [6.45, 7) is 5.03. The van der Waals surface area contributed by atoms with E-state index in [0.29, 0.717) is 22.0 Å². The Labute approximate surface area is 186 Å². The van der Waals surface area contributed by atoms with E-state index in [-0.39, 0.29) is 11.9 Å². The van der Waals surface area contributed by atoms with Crippen LogP contribution in [0, 0.1) is 0 Å². The Kier molecular flexibility index (Phi) is 6.76. The summed E-state index contributed by atoms with van der Waals surface area (Å²) in [6.07, 6.45) is 3.16. The molecule has 0 spiro atoms. The first-order valence-electron chi connectivity index (χ1n) is 10.1. The second-order valence-corrected chi connectivity index (χ2v) is 7.92. The van der Waals surface area contributed by atoms with Crippen molar-refractivity contribution in [3.63, 3.8) is 0 Å². The number of carbonyl (C=O) groups excluding carboxylic acids is 1. The highest BCUT2D eigenvalue weighted by Gasteiger charge is 2.15. The normalized spacial score (nSPS) is 14.9. The number of rotatable bonds is 6. The van der Waals surface area contributed by atoms with Crippen molar-refractivity contribution in [1.29, 1.82) is 0 Å². The smallest absolute Gasteiger partial charge is 0.321 e. The summed E-state index contributed by atoms with van der Waals surface area (Å²) < 4.78 is 5.63. The van der Waals surface area contributed by atoms with Crippen LogP contribution in [-0.2, 0) is 6.54 Å². The SMILES string of the molecule is CN1CCN(Cc2cccc(C(=O)Nc3ccc(Cl)c(Oc4ncccn4)c3)c2)CC1. The highest BCUT2D eigenvalue weighted by Crippen LogP contribution is 2.30. The van der Waals surface area contributed by atoms with Crippen molar-refractivity contribution in [3.8, 4) is 11.8 Å². The van der Waals surface area contributed by atoms with E-state index in [2.05, 4.69) is 38.2 Å². The fourth-order valence-corrected chi connectivity index (χ4v) is 3.53. The number of nitrogens with one attached hydrogen (secondary N) is 1. The molecule has 1 N–H and O–H groups in total. The molecule has 0 saturated carbocycles. The van der Waals surface area contributed by atoms with E-state index in [9.17, 15) is 4.79 Å². The molecular weight excluding hydrogens is 414 g/mol. The third-order valence-corrected chi connectivity index (χ3v) is 5.44. The van der Waals surface area contributed by atoms with Crippen molar-refractivity contribution in [3.05, 3.63) is 77.1 Å². The molecule has 7 nitrogen and oxygen atoms in total. The number of nitrogens with zero attached hydrogens (tertiary/aromatic N) is 4. The number of amides is 1. The number of likely N-dealkylation sites (N-methyl/N-ethyl adjacent to an activating group) is 1. The predicted molar refractivity (Wildman–Crippen MR) is 121 cm³/mol. The van der Waals surface area contributed by atoms with Crippen LogP contribution in [0.5, 0.6) is 11.8 Å². The first-order valence-corrected chi connectivity index (χ1v) is 10.5. The van der Waals surface area contributed by atoms with Crippen LogP contribution in [0.1, 0.15) is 15.9 Å². The monoisotopic (exact) mass is 437 g/mol. The molecule has 160 valence electrons. The zero-order chi connectivity index (χ0) is 21.6. The minimum absolute atomic E-state index is 0.185. The van der Waals surface area contributed by atoms with Gasteiger partial charge in [0.2, 0.25) is 0 Å². The number of hydrogen-bond donors (Lipinski definition) is 1. The summed E-state index contributed by atoms with van der Waals surface area (Å²) in [6, 6.07) is 14.7. The van der Waals surface area contributed by atoms with Gasteiger partial charge in [-0.1, -0.05) is 23.7 Å². The second-order valence-electron chi connectivity index (χ2n) is 7.51. The molecule has 1 aliphatic heterocycles. The lowest BCUT2D eigenvalue weighted by molar-refractivity contribution is 0.102. The van der Waals surface area contributed by atoms with Gasteiger partial charge in [0.05, 0.1) is 5.02 Å². The van der Waals surface area contributed by atoms with E-state index in [1.54, 1.807) is 36.7 Å². The van der Waals surface area contributed by atoms with Gasteiger partial charge in [0.1, 0.15) is 0 Å². The Bertz CT molecular complexity index is 1040. The lowest BCUT2D eigenvalue weighted by atomic mass is 10.1. The highest BCUT2D eigenvalue weighted by molar-refractivity contribution is 6.32. The van der Waals surface area contributed by atoms with Crippen LogP contribution < -0.4 is 10.1 Å². The number of piperazine rings is 1. The molecule has 2 heterocycles. The molecular formula is C23H24ClN5O2. The van der Waals surface area contributed by atoms with Crippen LogP contribution >= 0.6 is 11.6 Å². The van der Waals surface area contributed by atoms with Gasteiger partial charge >= 0.3 is 6.01 Å². The standard InChI is InChI=1S/C23H24ClN5O2/c1-28-10-12-29(13-11-28)16-17-4-2-5-18(14-17)22(30)27-19-6-7-20(24)21(15-19)31-23-25-8-3-9-26-23/h2-9,14-15H,10-13,16H2,1H3,(H,27,30). The van der Waals surface area contributed by atoms with Crippen molar-refractivity contribution in [2.45, 2.75) is 6.54 Å². The van der Waals surface area contributed by atoms with Crippen LogP contribution in [0.2, 0.25) is 5.02 Å². The number of hydrogen-bond acceptors (Lipinski definition) is 6. The summed E-state index contributed by atoms with van der Waals surface area (Å²) in [4.78, 5) is 25.6. The Morgan fingerprint density at radius 3 is 2.61 bits per heavy atom. The van der Waals surface area contributed by atoms with E-state index >= 15 is 0 Å². The van der Waals surface area contributed by atoms with E-state index in [1.807, 2.05) is 18.2 Å². The van der Waals surface area contributed by atoms with Gasteiger partial charge in [-0.05, 0) is 42.9 Å². The Morgan fingerprint density at radius 1 is 1.06 bits per heavy atom. The molecule has 0 atom stereocenters. The number of ether oxygens (including phenoxy) is 1. The summed E-state index contributed by atoms with van der Waals surface area (Å²) in [5, 5.41) is 3.31. The van der Waals surface area contributed by atoms with Gasteiger partial charge in [0, 0.05) is 62.4 Å². The fraction of sp³-hybridized carbons (Fsp3) is 0.261. The maximum Gasteiger partial charge on any atom is 0.321 e. The molecule has 0 bridgehead atoms. The topological polar surface area (TPSA) is 70.6 Å². The number of aromatic nitrogens is 2. The summed E-state index contributed by atoms with van der Waals surface area (Å²) in [5.74, 6) is 0.180. The van der Waals surface area contributed by atoms with E-state index in [0.717, 1.165) is 38.3 Å². The van der Waals surface area contributed by atoms with Crippen LogP contribution in [0.15, 0.2) is 60.9 Å². The molecule has 1 aliphatic rings. The lowest BCUT2D eigenvalue weighted by Gasteiger charge is -2.32. The number of halogens is 1. The quantitative estimate of drug-likeness (QED) is 0.630. The minimum Gasteiger partial charge on any atom is -0.423 e. The molecule has 0 unspecified atom stereocenters. The molecule has 1 amide bonds. The Morgan fingerprint density at radius 2 is 1.84 bits per heavy atom. The van der Waals surface area contributed by atoms with Gasteiger partial charge in [-0.15, -0.1) is 0 Å². The van der Waals surface area contributed by atoms with Gasteiger partial charge in [-0.2, -0.15) is 0 Å². The number of carbonyl (C=O) groups is 1. The van der Waals surface area contributed by atoms with Crippen molar-refractivity contribution in [1.82, 2.24) is 19.8 Å². The summed E-state index contributed by atoms with van der Waals surface area (Å²) >= 11 is 6.22. The van der Waals surface area contributed by atoms with E-state index < -0.39 is 0 Å². The third kappa shape index (κ3) is 5.79. The molecule has 1 fully saturated rings. The molecule has 0 aliphatic carbocycles. The Hall–Kier alpha value is -3.00. The summed E-state index contributed by atoms with van der Waals surface area (Å²) in [5.41, 5.74) is 2.30. The average Bonchev–Trinajstić information content (AvgIpc) is 2.78. The van der Waals surface area contributed by atoms with Crippen molar-refractivity contribution in [2.24, 2.45) is 0 Å². The molecule has 1 saturated heterocycles. The van der Waals surface area contributed by atoms with Crippen LogP contribution in [0.25, 0.3) is 0 Å². The molecule has 1 aromatic heterocycles. The van der Waals surface area contributed by atoms with Crippen molar-refractivity contribution in [2.75, 3.05) is 38.5 Å². The third-order valence-electron chi connectivity index (χ3n) is 5.12. The van der Waals surface area contributed by atoms with Crippen LogP contribution in [-0.4, -0.2) is 58.9 Å². The second kappa shape index (κ2) is 9.87. The van der Waals surface area contributed by atoms with Crippen molar-refractivity contribution < 1.29 is 9.53 Å². The lowest BCUT2D eigenvalue weighted by Crippen LogP contribution is -2.43. The molecule has 4 rings (SSSR count). The first-order chi connectivity index (χ1) is 15.1. The molecule has 2 aromatic carbocycles.